The molecule has 9 heteroatoms. The predicted octanol–water partition coefficient (Wildman–Crippen LogP) is 2.94. The molecule has 0 saturated heterocycles. The second-order valence-electron chi connectivity index (χ2n) is 7.95. The second kappa shape index (κ2) is 6.78. The first-order chi connectivity index (χ1) is 14.0. The molecule has 1 aromatic carbocycles. The Labute approximate surface area is 180 Å². The normalized spacial score (nSPS) is 27.1. The number of nitrogens with two attached hydrogens (primary N) is 1. The minimum absolute atomic E-state index is 0.0316. The largest absolute Gasteiger partial charge is 0.369 e. The Morgan fingerprint density at radius 3 is 2.67 bits per heavy atom. The van der Waals surface area contributed by atoms with E-state index in [9.17, 15) is 9.00 Å². The van der Waals surface area contributed by atoms with Crippen LogP contribution in [0.3, 0.4) is 0 Å². The molecule has 1 saturated carbocycles. The first-order valence-corrected chi connectivity index (χ1v) is 11.5. The van der Waals surface area contributed by atoms with Crippen molar-refractivity contribution in [1.82, 2.24) is 9.29 Å². The summed E-state index contributed by atoms with van der Waals surface area (Å²) in [6, 6.07) is 7.62. The zero-order valence-corrected chi connectivity index (χ0v) is 18.3. The maximum atomic E-state index is 15.0. The number of ketones is 1. The van der Waals surface area contributed by atoms with Crippen molar-refractivity contribution in [2.24, 2.45) is 10.7 Å². The molecule has 0 amide bonds. The Balaban J connectivity index is 1.75. The summed E-state index contributed by atoms with van der Waals surface area (Å²) in [6.07, 6.45) is 2.64. The molecular weight excluding hydrogens is 427 g/mol. The van der Waals surface area contributed by atoms with Gasteiger partial charge in [0.15, 0.2) is 5.78 Å². The average molecular weight is 449 g/mol. The first kappa shape index (κ1) is 20.8. The third-order valence-corrected chi connectivity index (χ3v) is 9.56. The van der Waals surface area contributed by atoms with Gasteiger partial charge in [0.25, 0.3) is 0 Å². The molecule has 1 aliphatic heterocycles. The number of benzene rings is 1. The Morgan fingerprint density at radius 1 is 1.37 bits per heavy atom. The molecule has 1 unspecified atom stereocenters. The molecule has 2 aromatic rings. The Morgan fingerprint density at radius 2 is 2.07 bits per heavy atom. The molecule has 0 radical (unpaired) electrons. The van der Waals surface area contributed by atoms with E-state index in [1.165, 1.54) is 16.6 Å². The molecule has 6 nitrogen and oxygen atoms in total. The minimum atomic E-state index is -2.81. The molecule has 1 aromatic heterocycles. The first-order valence-electron chi connectivity index (χ1n) is 9.41. The van der Waals surface area contributed by atoms with Gasteiger partial charge in [-0.05, 0) is 55.5 Å². The molecule has 4 rings (SSSR count). The summed E-state index contributed by atoms with van der Waals surface area (Å²) in [5, 5.41) is 0.438. The van der Waals surface area contributed by atoms with Gasteiger partial charge in [-0.2, -0.15) is 0 Å². The van der Waals surface area contributed by atoms with Crippen molar-refractivity contribution in [3.63, 3.8) is 0 Å². The summed E-state index contributed by atoms with van der Waals surface area (Å²) in [5.74, 6) is 3.29. The van der Waals surface area contributed by atoms with E-state index >= 15 is 4.39 Å². The lowest BCUT2D eigenvalue weighted by Gasteiger charge is -2.45. The Kier molecular flexibility index (Phi) is 4.70. The van der Waals surface area contributed by atoms with Gasteiger partial charge in [0.05, 0.1) is 19.5 Å². The van der Waals surface area contributed by atoms with Crippen LogP contribution in [0.15, 0.2) is 41.5 Å². The van der Waals surface area contributed by atoms with Crippen LogP contribution in [0.2, 0.25) is 5.02 Å². The fourth-order valence-electron chi connectivity index (χ4n) is 4.22. The predicted molar refractivity (Wildman–Crippen MR) is 118 cm³/mol. The maximum Gasteiger partial charge on any atom is 0.203 e. The van der Waals surface area contributed by atoms with E-state index in [-0.39, 0.29) is 29.4 Å². The van der Waals surface area contributed by atoms with Crippen LogP contribution in [0.25, 0.3) is 0 Å². The van der Waals surface area contributed by atoms with Gasteiger partial charge in [-0.3, -0.25) is 14.1 Å². The van der Waals surface area contributed by atoms with E-state index in [0.717, 1.165) is 0 Å². The standard InChI is InChI=1S/C21H22ClFN4O2S/c1-20(21(8-9-21)30(3,29)27(2)19(24)26-20)15-10-13(4-6-16(15)23)11-18(28)17-7-5-14(22)12-25-17/h4-7,10,12H,3,8-9,11H2,1-2H3,(H2,24,26)/t20-,30?/m1/s1. The summed E-state index contributed by atoms with van der Waals surface area (Å²) in [5.41, 5.74) is 6.03. The van der Waals surface area contributed by atoms with Gasteiger partial charge in [-0.15, -0.1) is 0 Å². The van der Waals surface area contributed by atoms with Gasteiger partial charge in [0, 0.05) is 25.2 Å². The van der Waals surface area contributed by atoms with Crippen LogP contribution in [0.4, 0.5) is 4.39 Å². The van der Waals surface area contributed by atoms with Crippen LogP contribution in [0, 0.1) is 5.82 Å². The molecule has 0 bridgehead atoms. The number of Topliss-reactive ketones (excluding diaryl/α,β-unsaturated/α-hetero) is 1. The average Bonchev–Trinajstić information content (AvgIpc) is 3.51. The fraction of sp³-hybridized carbons (Fsp3) is 0.333. The van der Waals surface area contributed by atoms with Crippen molar-refractivity contribution in [3.8, 4) is 0 Å². The molecule has 158 valence electrons. The number of hydrogen-bond donors (Lipinski definition) is 1. The number of nitrogens with zero attached hydrogens (tertiary/aromatic N) is 3. The second-order valence-corrected chi connectivity index (χ2v) is 11.0. The number of halogens is 2. The van der Waals surface area contributed by atoms with Crippen molar-refractivity contribution in [2.75, 3.05) is 7.05 Å². The molecule has 2 N–H and O–H groups in total. The SMILES string of the molecule is C=S1(=O)N(C)C(N)=N[C@](C)(c2cc(CC(=O)c3ccc(Cl)cn3)ccc2F)C12CC2. The number of aromatic nitrogens is 1. The number of rotatable bonds is 4. The number of pyridine rings is 1. The lowest BCUT2D eigenvalue weighted by molar-refractivity contribution is 0.0988. The van der Waals surface area contributed by atoms with Crippen molar-refractivity contribution >= 4 is 38.9 Å². The maximum absolute atomic E-state index is 15.0. The monoisotopic (exact) mass is 448 g/mol. The molecule has 2 atom stereocenters. The van der Waals surface area contributed by atoms with Gasteiger partial charge < -0.3 is 5.73 Å². The van der Waals surface area contributed by atoms with Gasteiger partial charge in [0.1, 0.15) is 17.1 Å². The van der Waals surface area contributed by atoms with Crippen LogP contribution in [0.5, 0.6) is 0 Å². The Bertz CT molecular complexity index is 1180. The molecular formula is C21H22ClFN4O2S. The summed E-state index contributed by atoms with van der Waals surface area (Å²) >= 11 is 5.82. The molecule has 1 fully saturated rings. The van der Waals surface area contributed by atoms with Crippen LogP contribution >= 0.6 is 11.6 Å². The summed E-state index contributed by atoms with van der Waals surface area (Å²) in [4.78, 5) is 21.2. The lowest BCUT2D eigenvalue weighted by atomic mass is 9.85. The minimum Gasteiger partial charge on any atom is -0.369 e. The van der Waals surface area contributed by atoms with Gasteiger partial charge in [-0.1, -0.05) is 17.7 Å². The van der Waals surface area contributed by atoms with Crippen molar-refractivity contribution < 1.29 is 13.4 Å². The van der Waals surface area contributed by atoms with E-state index in [0.29, 0.717) is 23.4 Å². The summed E-state index contributed by atoms with van der Waals surface area (Å²) in [7, 11) is -1.22. The number of carbonyl (C=O) groups is 1. The number of aliphatic imine (C=N–C) groups is 1. The van der Waals surface area contributed by atoms with Gasteiger partial charge >= 0.3 is 0 Å². The van der Waals surface area contributed by atoms with Crippen molar-refractivity contribution in [3.05, 3.63) is 64.2 Å². The summed E-state index contributed by atoms with van der Waals surface area (Å²) in [6.45, 7) is 1.75. The molecule has 2 aliphatic rings. The third kappa shape index (κ3) is 2.93. The molecule has 30 heavy (non-hydrogen) atoms. The molecule has 1 aliphatic carbocycles. The lowest BCUT2D eigenvalue weighted by Crippen LogP contribution is -2.58. The fourth-order valence-corrected chi connectivity index (χ4v) is 6.72. The molecule has 2 heterocycles. The third-order valence-electron chi connectivity index (χ3n) is 6.24. The summed E-state index contributed by atoms with van der Waals surface area (Å²) < 4.78 is 29.1. The van der Waals surface area contributed by atoms with E-state index in [1.54, 1.807) is 38.2 Å². The topological polar surface area (TPSA) is 88.6 Å². The highest BCUT2D eigenvalue weighted by molar-refractivity contribution is 8.00. The van der Waals surface area contributed by atoms with Crippen LogP contribution < -0.4 is 5.73 Å². The van der Waals surface area contributed by atoms with Gasteiger partial charge in [0.2, 0.25) is 5.96 Å². The van der Waals surface area contributed by atoms with E-state index in [2.05, 4.69) is 15.8 Å². The quantitative estimate of drug-likeness (QED) is 0.575. The van der Waals surface area contributed by atoms with E-state index in [1.807, 2.05) is 0 Å². The van der Waals surface area contributed by atoms with Gasteiger partial charge in [-0.25, -0.2) is 13.6 Å². The number of carbonyl (C=O) groups excluding carboxylic acids is 1. The highest BCUT2D eigenvalue weighted by Gasteiger charge is 2.67. The molecule has 1 spiro atoms. The van der Waals surface area contributed by atoms with Crippen molar-refractivity contribution in [2.45, 2.75) is 36.5 Å². The van der Waals surface area contributed by atoms with E-state index < -0.39 is 25.8 Å². The number of guanidine groups is 1. The van der Waals surface area contributed by atoms with Crippen LogP contribution in [-0.4, -0.2) is 42.9 Å². The number of hydrogen-bond acceptors (Lipinski definition) is 5. The highest BCUT2D eigenvalue weighted by atomic mass is 35.5. The van der Waals surface area contributed by atoms with Crippen LogP contribution in [0.1, 0.15) is 41.4 Å². The van der Waals surface area contributed by atoms with Crippen LogP contribution in [-0.2, 0) is 21.7 Å². The zero-order valence-electron chi connectivity index (χ0n) is 16.7. The smallest absolute Gasteiger partial charge is 0.203 e. The highest BCUT2D eigenvalue weighted by Crippen LogP contribution is 2.60. The van der Waals surface area contributed by atoms with E-state index in [4.69, 9.17) is 17.3 Å². The van der Waals surface area contributed by atoms with Crippen molar-refractivity contribution in [1.29, 1.82) is 0 Å². The zero-order chi connectivity index (χ0) is 21.9. The Hall–Kier alpha value is -2.45.